The quantitative estimate of drug-likeness (QED) is 0.486. The maximum absolute atomic E-state index is 11.7. The second-order valence-electron chi connectivity index (χ2n) is 6.12. The van der Waals surface area contributed by atoms with Gasteiger partial charge in [-0.3, -0.25) is 4.79 Å². The molecule has 0 spiro atoms. The molecule has 148 valence electrons. The number of aromatic hydroxyl groups is 1. The molecule has 4 rings (SSSR count). The average Bonchev–Trinajstić information content (AvgIpc) is 3.16. The van der Waals surface area contributed by atoms with Gasteiger partial charge in [0.15, 0.2) is 17.1 Å². The molecule has 0 aliphatic heterocycles. The van der Waals surface area contributed by atoms with Crippen LogP contribution < -0.4 is 5.73 Å². The van der Waals surface area contributed by atoms with Crippen LogP contribution in [0.4, 0.5) is 11.6 Å². The molecule has 1 amide bonds. The van der Waals surface area contributed by atoms with Crippen molar-refractivity contribution in [1.82, 2.24) is 19.5 Å². The van der Waals surface area contributed by atoms with E-state index in [4.69, 9.17) is 5.73 Å². The minimum absolute atomic E-state index is 0.0209. The topological polar surface area (TPSA) is 179 Å². The first-order chi connectivity index (χ1) is 15.0. The lowest BCUT2D eigenvalue weighted by molar-refractivity contribution is 0.0998. The minimum Gasteiger partial charge on any atom is -0.505 e. The molecule has 0 aliphatic rings. The number of imidazole rings is 1. The molecule has 2 heterocycles. The second-order valence-corrected chi connectivity index (χ2v) is 6.12. The average molecular weight is 409 g/mol. The molecule has 4 aromatic rings. The third-order valence-corrected chi connectivity index (χ3v) is 4.32. The van der Waals surface area contributed by atoms with Gasteiger partial charge in [-0.25, -0.2) is 14.5 Å². The largest absolute Gasteiger partial charge is 0.505 e. The summed E-state index contributed by atoms with van der Waals surface area (Å²) in [6.45, 7) is 0. The molecule has 0 atom stereocenters. The van der Waals surface area contributed by atoms with Gasteiger partial charge in [-0.15, -0.1) is 10.2 Å². The number of carbonyl (C=O) groups excluding carboxylic acids is 1. The lowest BCUT2D eigenvalue weighted by Crippen LogP contribution is -2.11. The Morgan fingerprint density at radius 3 is 2.52 bits per heavy atom. The third kappa shape index (κ3) is 3.28. The summed E-state index contributed by atoms with van der Waals surface area (Å²) in [5.74, 6) is -1.39. The van der Waals surface area contributed by atoms with Crippen molar-refractivity contribution < 1.29 is 9.90 Å². The molecular formula is C20H11N9O2. The zero-order valence-electron chi connectivity index (χ0n) is 15.6. The monoisotopic (exact) mass is 409 g/mol. The van der Waals surface area contributed by atoms with E-state index in [2.05, 4.69) is 25.2 Å². The number of nitrogens with zero attached hydrogens (tertiary/aromatic N) is 8. The molecule has 0 radical (unpaired) electrons. The Morgan fingerprint density at radius 2 is 1.84 bits per heavy atom. The van der Waals surface area contributed by atoms with E-state index in [1.165, 1.54) is 23.0 Å². The molecule has 3 N–H and O–H groups in total. The molecular weight excluding hydrogens is 398 g/mol. The Balaban J connectivity index is 1.95. The van der Waals surface area contributed by atoms with Gasteiger partial charge in [0.05, 0.1) is 5.56 Å². The van der Waals surface area contributed by atoms with Crippen molar-refractivity contribution >= 4 is 28.3 Å². The first kappa shape index (κ1) is 19.2. The highest BCUT2D eigenvalue weighted by atomic mass is 16.3. The number of nitriles is 2. The van der Waals surface area contributed by atoms with E-state index in [0.717, 1.165) is 0 Å². The fraction of sp³-hybridized carbons (Fsp3) is 0. The molecule has 0 aliphatic carbocycles. The fourth-order valence-electron chi connectivity index (χ4n) is 2.95. The number of hydrogen-bond acceptors (Lipinski definition) is 9. The van der Waals surface area contributed by atoms with Crippen LogP contribution in [0.1, 0.15) is 21.7 Å². The second kappa shape index (κ2) is 7.69. The Hall–Kier alpha value is -5.16. The number of rotatable bonds is 4. The first-order valence-corrected chi connectivity index (χ1v) is 8.71. The van der Waals surface area contributed by atoms with E-state index >= 15 is 0 Å². The third-order valence-electron chi connectivity index (χ3n) is 4.32. The van der Waals surface area contributed by atoms with Gasteiger partial charge in [0, 0.05) is 17.8 Å². The highest BCUT2D eigenvalue weighted by molar-refractivity contribution is 6.06. The van der Waals surface area contributed by atoms with Gasteiger partial charge >= 0.3 is 0 Å². The van der Waals surface area contributed by atoms with Crippen LogP contribution in [0.3, 0.4) is 0 Å². The predicted molar refractivity (Wildman–Crippen MR) is 107 cm³/mol. The summed E-state index contributed by atoms with van der Waals surface area (Å²) in [5, 5.41) is 38.6. The molecule has 0 fully saturated rings. The number of fused-ring (bicyclic) bond motifs is 1. The molecule has 2 aromatic heterocycles. The lowest BCUT2D eigenvalue weighted by atomic mass is 10.0. The van der Waals surface area contributed by atoms with Gasteiger partial charge in [-0.2, -0.15) is 15.5 Å². The standard InChI is InChI=1S/C20H11N9O2/c21-9-14-15(10-22)29(19-24-6-3-7-25-19)20(26-14)28-27-16-12-5-2-1-4-11(12)8-13(17(16)30)18(23)31/h1-8,30H,(H2,23,31)/b28-27+. The number of hydrogen-bond donors (Lipinski definition) is 2. The molecule has 11 nitrogen and oxygen atoms in total. The fourth-order valence-corrected chi connectivity index (χ4v) is 2.95. The van der Waals surface area contributed by atoms with Crippen LogP contribution in [0.2, 0.25) is 0 Å². The maximum atomic E-state index is 11.7. The normalized spacial score (nSPS) is 10.8. The Bertz CT molecular complexity index is 1440. The number of primary amides is 1. The van der Waals surface area contributed by atoms with Crippen LogP contribution in [0.25, 0.3) is 16.7 Å². The van der Waals surface area contributed by atoms with E-state index in [1.807, 2.05) is 12.1 Å². The Morgan fingerprint density at radius 1 is 1.10 bits per heavy atom. The number of nitrogens with two attached hydrogens (primary N) is 1. The first-order valence-electron chi connectivity index (χ1n) is 8.71. The maximum Gasteiger partial charge on any atom is 0.258 e. The van der Waals surface area contributed by atoms with E-state index in [1.54, 1.807) is 30.3 Å². The Labute approximate surface area is 174 Å². The van der Waals surface area contributed by atoms with Gasteiger partial charge in [0.25, 0.3) is 11.9 Å². The van der Waals surface area contributed by atoms with Crippen molar-refractivity contribution in [3.8, 4) is 23.8 Å². The van der Waals surface area contributed by atoms with Crippen LogP contribution in [-0.2, 0) is 0 Å². The van der Waals surface area contributed by atoms with Gasteiger partial charge in [0.1, 0.15) is 17.8 Å². The van der Waals surface area contributed by atoms with Crippen molar-refractivity contribution in [3.05, 3.63) is 65.7 Å². The summed E-state index contributed by atoms with van der Waals surface area (Å²) in [6.07, 6.45) is 2.90. The van der Waals surface area contributed by atoms with Gasteiger partial charge in [0.2, 0.25) is 5.95 Å². The molecule has 11 heteroatoms. The molecule has 0 bridgehead atoms. The zero-order valence-corrected chi connectivity index (χ0v) is 15.6. The predicted octanol–water partition coefficient (Wildman–Crippen LogP) is 2.78. The molecule has 0 unspecified atom stereocenters. The number of benzene rings is 2. The SMILES string of the molecule is N#Cc1nc(/N=N/c2c(O)c(C(N)=O)cc3ccccc23)n(-c2ncccn2)c1C#N. The summed E-state index contributed by atoms with van der Waals surface area (Å²) in [6, 6.07) is 13.6. The highest BCUT2D eigenvalue weighted by Crippen LogP contribution is 2.39. The smallest absolute Gasteiger partial charge is 0.258 e. The summed E-state index contributed by atoms with van der Waals surface area (Å²) in [5.41, 5.74) is 4.90. The number of phenols is 1. The highest BCUT2D eigenvalue weighted by Gasteiger charge is 2.21. The van der Waals surface area contributed by atoms with Crippen molar-refractivity contribution in [2.45, 2.75) is 0 Å². The summed E-state index contributed by atoms with van der Waals surface area (Å²) in [4.78, 5) is 23.9. The van der Waals surface area contributed by atoms with Gasteiger partial charge in [-0.1, -0.05) is 24.3 Å². The van der Waals surface area contributed by atoms with Crippen LogP contribution in [0.15, 0.2) is 59.0 Å². The zero-order chi connectivity index (χ0) is 22.0. The van der Waals surface area contributed by atoms with E-state index in [0.29, 0.717) is 10.8 Å². The molecule has 0 saturated heterocycles. The van der Waals surface area contributed by atoms with Crippen LogP contribution in [0.5, 0.6) is 5.75 Å². The molecule has 31 heavy (non-hydrogen) atoms. The van der Waals surface area contributed by atoms with Crippen molar-refractivity contribution in [2.75, 3.05) is 0 Å². The van der Waals surface area contributed by atoms with Crippen molar-refractivity contribution in [3.63, 3.8) is 0 Å². The van der Waals surface area contributed by atoms with Crippen LogP contribution in [0, 0.1) is 22.7 Å². The summed E-state index contributed by atoms with van der Waals surface area (Å²) in [7, 11) is 0. The number of carbonyl (C=O) groups is 1. The Kier molecular flexibility index (Phi) is 4.76. The number of amides is 1. The molecule has 2 aromatic carbocycles. The van der Waals surface area contributed by atoms with E-state index in [9.17, 15) is 20.4 Å². The number of aromatic nitrogens is 4. The lowest BCUT2D eigenvalue weighted by Gasteiger charge is -2.08. The van der Waals surface area contributed by atoms with Crippen molar-refractivity contribution in [2.24, 2.45) is 16.0 Å². The van der Waals surface area contributed by atoms with E-state index < -0.39 is 11.7 Å². The van der Waals surface area contributed by atoms with Gasteiger partial charge < -0.3 is 10.8 Å². The minimum atomic E-state index is -0.836. The number of azo groups is 1. The molecule has 0 saturated carbocycles. The van der Waals surface area contributed by atoms with Crippen LogP contribution >= 0.6 is 0 Å². The van der Waals surface area contributed by atoms with Gasteiger partial charge in [-0.05, 0) is 17.5 Å². The van der Waals surface area contributed by atoms with Crippen molar-refractivity contribution in [1.29, 1.82) is 10.5 Å². The van der Waals surface area contributed by atoms with E-state index in [-0.39, 0.29) is 34.5 Å². The summed E-state index contributed by atoms with van der Waals surface area (Å²) >= 11 is 0. The summed E-state index contributed by atoms with van der Waals surface area (Å²) < 4.78 is 1.17. The van der Waals surface area contributed by atoms with Crippen LogP contribution in [-0.4, -0.2) is 30.5 Å².